The molecule has 1 aromatic heterocycles. The average molecular weight is 417 g/mol. The summed E-state index contributed by atoms with van der Waals surface area (Å²) >= 11 is 7.08. The summed E-state index contributed by atoms with van der Waals surface area (Å²) < 4.78 is 4.96. The topological polar surface area (TPSA) is 50.4 Å². The largest absolute Gasteiger partial charge is 0.465 e. The summed E-state index contributed by atoms with van der Waals surface area (Å²) in [6.07, 6.45) is 6.84. The van der Waals surface area contributed by atoms with Crippen LogP contribution in [0.15, 0.2) is 36.4 Å². The molecule has 1 aliphatic rings. The maximum absolute atomic E-state index is 12.2. The molecular weight excluding hydrogens is 388 g/mol. The number of esters is 1. The van der Waals surface area contributed by atoms with Crippen LogP contribution >= 0.6 is 23.6 Å². The van der Waals surface area contributed by atoms with E-state index >= 15 is 0 Å². The highest BCUT2D eigenvalue weighted by atomic mass is 32.1. The number of hydrogen-bond acceptors (Lipinski definition) is 4. The number of anilines is 1. The summed E-state index contributed by atoms with van der Waals surface area (Å²) in [4.78, 5) is 13.3. The van der Waals surface area contributed by atoms with Crippen molar-refractivity contribution in [2.75, 3.05) is 12.4 Å². The van der Waals surface area contributed by atoms with E-state index in [1.807, 2.05) is 24.3 Å². The van der Waals surface area contributed by atoms with Gasteiger partial charge in [0.05, 0.1) is 12.7 Å². The van der Waals surface area contributed by atoms with E-state index in [1.54, 1.807) is 11.3 Å². The first-order valence-electron chi connectivity index (χ1n) is 9.91. The highest BCUT2D eigenvalue weighted by Crippen LogP contribution is 2.31. The third-order valence-electron chi connectivity index (χ3n) is 5.40. The van der Waals surface area contributed by atoms with Crippen LogP contribution < -0.4 is 10.6 Å². The zero-order chi connectivity index (χ0) is 19.9. The summed E-state index contributed by atoms with van der Waals surface area (Å²) in [5.41, 5.74) is 1.75. The van der Waals surface area contributed by atoms with Gasteiger partial charge < -0.3 is 15.4 Å². The van der Waals surface area contributed by atoms with Gasteiger partial charge in [-0.05, 0) is 55.4 Å². The Morgan fingerprint density at radius 1 is 1.21 bits per heavy atom. The van der Waals surface area contributed by atoms with Crippen molar-refractivity contribution in [1.82, 2.24) is 5.32 Å². The molecule has 1 fully saturated rings. The predicted molar refractivity (Wildman–Crippen MR) is 120 cm³/mol. The number of methoxy groups -OCH3 is 1. The summed E-state index contributed by atoms with van der Waals surface area (Å²) in [7, 11) is 1.41. The minimum absolute atomic E-state index is 0.343. The lowest BCUT2D eigenvalue weighted by molar-refractivity contribution is 0.0602. The minimum Gasteiger partial charge on any atom is -0.465 e. The lowest BCUT2D eigenvalue weighted by Gasteiger charge is -2.29. The molecule has 1 aliphatic carbocycles. The van der Waals surface area contributed by atoms with Gasteiger partial charge in [0.1, 0.15) is 5.00 Å². The molecule has 0 atom stereocenters. The summed E-state index contributed by atoms with van der Waals surface area (Å²) in [6.45, 7) is 2.27. The first-order chi connectivity index (χ1) is 13.6. The van der Waals surface area contributed by atoms with Crippen molar-refractivity contribution in [2.45, 2.75) is 51.5 Å². The van der Waals surface area contributed by atoms with Crippen LogP contribution in [0.4, 0.5) is 5.00 Å². The first kappa shape index (κ1) is 20.8. The molecule has 3 rings (SSSR count). The van der Waals surface area contributed by atoms with Gasteiger partial charge in [0.15, 0.2) is 5.11 Å². The fourth-order valence-corrected chi connectivity index (χ4v) is 5.14. The lowest BCUT2D eigenvalue weighted by Crippen LogP contribution is -2.40. The number of rotatable bonds is 6. The van der Waals surface area contributed by atoms with Crippen LogP contribution in [0.5, 0.6) is 0 Å². The molecule has 0 saturated heterocycles. The van der Waals surface area contributed by atoms with Crippen molar-refractivity contribution in [2.24, 2.45) is 5.92 Å². The summed E-state index contributed by atoms with van der Waals surface area (Å²) in [6, 6.07) is 12.5. The molecule has 0 aliphatic heterocycles. The van der Waals surface area contributed by atoms with E-state index in [-0.39, 0.29) is 5.97 Å². The van der Waals surface area contributed by atoms with E-state index in [0.29, 0.717) is 16.7 Å². The molecule has 1 aromatic carbocycles. The second-order valence-electron chi connectivity index (χ2n) is 7.33. The van der Waals surface area contributed by atoms with Crippen LogP contribution in [0.3, 0.4) is 0 Å². The zero-order valence-corrected chi connectivity index (χ0v) is 18.1. The number of ether oxygens (including phenoxy) is 1. The van der Waals surface area contributed by atoms with Crippen LogP contribution in [-0.4, -0.2) is 24.2 Å². The third kappa shape index (κ3) is 5.55. The molecule has 0 amide bonds. The average Bonchev–Trinajstić information content (AvgIpc) is 3.10. The number of carbonyl (C=O) groups is 1. The van der Waals surface area contributed by atoms with Gasteiger partial charge in [-0.1, -0.05) is 43.7 Å². The molecule has 0 radical (unpaired) electrons. The number of thiophene rings is 1. The molecule has 150 valence electrons. The van der Waals surface area contributed by atoms with Gasteiger partial charge in [-0.2, -0.15) is 0 Å². The molecule has 2 aromatic rings. The highest BCUT2D eigenvalue weighted by molar-refractivity contribution is 7.80. The minimum atomic E-state index is -0.343. The maximum Gasteiger partial charge on any atom is 0.340 e. The maximum atomic E-state index is 12.2. The number of benzene rings is 1. The van der Waals surface area contributed by atoms with Gasteiger partial charge in [-0.15, -0.1) is 11.3 Å². The number of carbonyl (C=O) groups excluding carboxylic acids is 1. The van der Waals surface area contributed by atoms with Gasteiger partial charge in [0, 0.05) is 17.3 Å². The number of nitrogens with one attached hydrogen (secondary N) is 2. The first-order valence-corrected chi connectivity index (χ1v) is 11.1. The number of hydrogen-bond donors (Lipinski definition) is 2. The fourth-order valence-electron chi connectivity index (χ4n) is 3.72. The molecule has 6 heteroatoms. The van der Waals surface area contributed by atoms with E-state index in [4.69, 9.17) is 17.0 Å². The molecule has 0 unspecified atom stereocenters. The molecule has 1 saturated carbocycles. The van der Waals surface area contributed by atoms with E-state index in [9.17, 15) is 4.79 Å². The Balaban J connectivity index is 1.66. The smallest absolute Gasteiger partial charge is 0.340 e. The second kappa shape index (κ2) is 10.0. The molecule has 1 heterocycles. The normalized spacial score (nSPS) is 19.1. The Bertz CT molecular complexity index is 796. The zero-order valence-electron chi connectivity index (χ0n) is 16.5. The quantitative estimate of drug-likeness (QED) is 0.489. The fraction of sp³-hybridized carbons (Fsp3) is 0.455. The summed E-state index contributed by atoms with van der Waals surface area (Å²) in [5, 5.41) is 8.00. The Labute approximate surface area is 176 Å². The van der Waals surface area contributed by atoms with Crippen LogP contribution in [0.1, 0.15) is 59.8 Å². The van der Waals surface area contributed by atoms with Crippen molar-refractivity contribution in [1.29, 1.82) is 0 Å². The van der Waals surface area contributed by atoms with Crippen molar-refractivity contribution < 1.29 is 9.53 Å². The van der Waals surface area contributed by atoms with Crippen molar-refractivity contribution in [3.63, 3.8) is 0 Å². The van der Waals surface area contributed by atoms with Gasteiger partial charge in [0.2, 0.25) is 0 Å². The van der Waals surface area contributed by atoms with Crippen LogP contribution in [0, 0.1) is 5.92 Å². The second-order valence-corrected chi connectivity index (χ2v) is 8.88. The molecule has 2 N–H and O–H groups in total. The Morgan fingerprint density at radius 2 is 1.93 bits per heavy atom. The third-order valence-corrected chi connectivity index (χ3v) is 6.67. The van der Waals surface area contributed by atoms with Gasteiger partial charge >= 0.3 is 5.97 Å². The Hall–Kier alpha value is -1.92. The SMILES string of the molecule is CCC1CCC(NC(=S)Nc2sc(Cc3ccccc3)cc2C(=O)OC)CC1. The van der Waals surface area contributed by atoms with E-state index < -0.39 is 0 Å². The van der Waals surface area contributed by atoms with Gasteiger partial charge in [-0.25, -0.2) is 4.79 Å². The van der Waals surface area contributed by atoms with E-state index in [1.165, 1.54) is 31.9 Å². The van der Waals surface area contributed by atoms with Gasteiger partial charge in [-0.3, -0.25) is 0 Å². The van der Waals surface area contributed by atoms with Crippen LogP contribution in [-0.2, 0) is 11.2 Å². The molecule has 28 heavy (non-hydrogen) atoms. The predicted octanol–water partition coefficient (Wildman–Crippen LogP) is 5.38. The summed E-state index contributed by atoms with van der Waals surface area (Å²) in [5.74, 6) is 0.507. The molecule has 4 nitrogen and oxygen atoms in total. The Morgan fingerprint density at radius 3 is 2.57 bits per heavy atom. The monoisotopic (exact) mass is 416 g/mol. The van der Waals surface area contributed by atoms with Crippen molar-refractivity contribution in [3.8, 4) is 0 Å². The molecule has 0 bridgehead atoms. The van der Waals surface area contributed by atoms with Crippen molar-refractivity contribution >= 4 is 39.6 Å². The lowest BCUT2D eigenvalue weighted by atomic mass is 9.85. The van der Waals surface area contributed by atoms with E-state index in [2.05, 4.69) is 29.7 Å². The van der Waals surface area contributed by atoms with Gasteiger partial charge in [0.25, 0.3) is 0 Å². The van der Waals surface area contributed by atoms with Crippen LogP contribution in [0.25, 0.3) is 0 Å². The van der Waals surface area contributed by atoms with Crippen LogP contribution in [0.2, 0.25) is 0 Å². The van der Waals surface area contributed by atoms with E-state index in [0.717, 1.165) is 35.1 Å². The number of thiocarbonyl (C=S) groups is 1. The highest BCUT2D eigenvalue weighted by Gasteiger charge is 2.22. The molecular formula is C22H28N2O2S2. The standard InChI is InChI=1S/C22H28N2O2S2/c1-3-15-9-11-17(12-10-15)23-22(27)24-20-19(21(25)26-2)14-18(28-20)13-16-7-5-4-6-8-16/h4-8,14-15,17H,3,9-13H2,1-2H3,(H2,23,24,27). The van der Waals surface area contributed by atoms with Crippen molar-refractivity contribution in [3.05, 3.63) is 52.4 Å². The molecule has 0 spiro atoms. The Kier molecular flexibility index (Phi) is 7.45.